The zero-order chi connectivity index (χ0) is 6.21. The lowest BCUT2D eigenvalue weighted by Crippen LogP contribution is -2.18. The smallest absolute Gasteiger partial charge is 0.289 e. The molecule has 0 aromatic rings. The molecule has 0 spiro atoms. The molecule has 1 nitrogen and oxygen atoms in total. The minimum Gasteiger partial charge on any atom is -0.289 e. The Balaban J connectivity index is 2.36. The van der Waals surface area contributed by atoms with E-state index in [0.29, 0.717) is 0 Å². The van der Waals surface area contributed by atoms with Gasteiger partial charge in [0.1, 0.15) is 0 Å². The van der Waals surface area contributed by atoms with Gasteiger partial charge < -0.3 is 0 Å². The van der Waals surface area contributed by atoms with Crippen molar-refractivity contribution in [1.82, 2.24) is 0 Å². The average molecular weight is 128 g/mol. The van der Waals surface area contributed by atoms with Crippen LogP contribution in [-0.2, 0) is 4.74 Å². The average Bonchev–Trinajstić information content (AvgIpc) is 2.24. The van der Waals surface area contributed by atoms with Crippen LogP contribution in [0.4, 0.5) is 17.6 Å². The number of hydrogen-bond donors (Lipinski definition) is 0. The molecule has 0 amide bonds. The molecule has 0 aromatic heterocycles. The van der Waals surface area contributed by atoms with Crippen LogP contribution >= 0.6 is 0 Å². The molecule has 46 valence electrons. The van der Waals surface area contributed by atoms with Crippen molar-refractivity contribution in [3.63, 3.8) is 0 Å². The molecule has 8 heavy (non-hydrogen) atoms. The van der Waals surface area contributed by atoms with Crippen molar-refractivity contribution in [2.75, 3.05) is 0 Å². The van der Waals surface area contributed by atoms with Gasteiger partial charge in [0.05, 0.1) is 0 Å². The lowest BCUT2D eigenvalue weighted by atomic mass is 10.7. The van der Waals surface area contributed by atoms with Gasteiger partial charge in [0.25, 0.3) is 0 Å². The minimum absolute atomic E-state index is 3.25. The second-order valence-corrected chi connectivity index (χ2v) is 1.87. The summed E-state index contributed by atoms with van der Waals surface area (Å²) >= 11 is 0. The molecule has 1 aliphatic heterocycles. The third-order valence-corrected chi connectivity index (χ3v) is 1.40. The van der Waals surface area contributed by atoms with Crippen LogP contribution in [-0.4, -0.2) is 17.6 Å². The molecule has 0 bridgehead atoms. The van der Waals surface area contributed by atoms with Crippen molar-refractivity contribution in [2.24, 2.45) is 0 Å². The van der Waals surface area contributed by atoms with Crippen LogP contribution in [0.25, 0.3) is 0 Å². The third-order valence-electron chi connectivity index (χ3n) is 1.40. The highest BCUT2D eigenvalue weighted by Crippen LogP contribution is 2.82. The van der Waals surface area contributed by atoms with Gasteiger partial charge in [-0.15, -0.1) is 0 Å². The Morgan fingerprint density at radius 3 is 1.12 bits per heavy atom. The summed E-state index contributed by atoms with van der Waals surface area (Å²) in [4.78, 5) is 0. The number of epoxide rings is 1. The highest BCUT2D eigenvalue weighted by Gasteiger charge is 3.15. The van der Waals surface area contributed by atoms with E-state index in [9.17, 15) is 17.6 Å². The van der Waals surface area contributed by atoms with Gasteiger partial charge in [-0.05, 0) is 0 Å². The van der Waals surface area contributed by atoms with E-state index < -0.39 is 17.6 Å². The number of ether oxygens (including phenoxy) is 1. The SMILES string of the molecule is FC1(F)C2(F)OC12F. The normalized spacial score (nSPS) is 64.5. The molecule has 2 rings (SSSR count). The van der Waals surface area contributed by atoms with Crippen LogP contribution in [0.15, 0.2) is 0 Å². The highest BCUT2D eigenvalue weighted by molar-refractivity contribution is 5.36. The first-order chi connectivity index (χ1) is 3.46. The second-order valence-electron chi connectivity index (χ2n) is 1.87. The van der Waals surface area contributed by atoms with E-state index in [1.807, 2.05) is 0 Å². The van der Waals surface area contributed by atoms with Gasteiger partial charge in [-0.3, -0.25) is 4.74 Å². The summed E-state index contributed by atoms with van der Waals surface area (Å²) in [5.41, 5.74) is 0. The first-order valence-corrected chi connectivity index (χ1v) is 1.91. The van der Waals surface area contributed by atoms with E-state index in [0.717, 1.165) is 0 Å². The predicted octanol–water partition coefficient (Wildman–Crippen LogP) is 0.997. The molecule has 0 radical (unpaired) electrons. The monoisotopic (exact) mass is 128 g/mol. The first kappa shape index (κ1) is 4.55. The van der Waals surface area contributed by atoms with Gasteiger partial charge in [0, 0.05) is 0 Å². The molecule has 2 unspecified atom stereocenters. The fourth-order valence-electron chi connectivity index (χ4n) is 0.621. The van der Waals surface area contributed by atoms with E-state index in [2.05, 4.69) is 4.74 Å². The number of halogens is 4. The molecule has 1 heterocycles. The van der Waals surface area contributed by atoms with Crippen LogP contribution in [0.2, 0.25) is 0 Å². The summed E-state index contributed by atoms with van der Waals surface area (Å²) in [6, 6.07) is 0. The van der Waals surface area contributed by atoms with E-state index >= 15 is 0 Å². The van der Waals surface area contributed by atoms with Gasteiger partial charge >= 0.3 is 17.6 Å². The summed E-state index contributed by atoms with van der Waals surface area (Å²) < 4.78 is 49.6. The highest BCUT2D eigenvalue weighted by atomic mass is 19.3. The fraction of sp³-hybridized carbons (Fsp3) is 1.00. The lowest BCUT2D eigenvalue weighted by Gasteiger charge is -1.99. The molecule has 1 aliphatic carbocycles. The Labute approximate surface area is 41.2 Å². The Hall–Kier alpha value is -0.320. The minimum atomic E-state index is -3.88. The van der Waals surface area contributed by atoms with Crippen molar-refractivity contribution in [3.8, 4) is 0 Å². The number of rotatable bonds is 0. The topological polar surface area (TPSA) is 12.5 Å². The quantitative estimate of drug-likeness (QED) is 0.350. The molecular formula is C3F4O. The van der Waals surface area contributed by atoms with Gasteiger partial charge in [-0.1, -0.05) is 0 Å². The van der Waals surface area contributed by atoms with Crippen molar-refractivity contribution >= 4 is 0 Å². The van der Waals surface area contributed by atoms with Crippen LogP contribution in [0.5, 0.6) is 0 Å². The van der Waals surface area contributed by atoms with Crippen molar-refractivity contribution in [3.05, 3.63) is 0 Å². The van der Waals surface area contributed by atoms with Crippen LogP contribution < -0.4 is 0 Å². The number of hydrogen-bond acceptors (Lipinski definition) is 1. The molecule has 0 aromatic carbocycles. The van der Waals surface area contributed by atoms with Crippen molar-refractivity contribution in [2.45, 2.75) is 17.6 Å². The zero-order valence-electron chi connectivity index (χ0n) is 3.42. The van der Waals surface area contributed by atoms with Gasteiger partial charge in [0.2, 0.25) is 0 Å². The van der Waals surface area contributed by atoms with E-state index in [4.69, 9.17) is 0 Å². The molecule has 2 atom stereocenters. The molecule has 2 fully saturated rings. The maximum atomic E-state index is 11.7. The van der Waals surface area contributed by atoms with Crippen LogP contribution in [0.3, 0.4) is 0 Å². The predicted molar refractivity (Wildman–Crippen MR) is 13.7 cm³/mol. The molecule has 5 heteroatoms. The van der Waals surface area contributed by atoms with Crippen molar-refractivity contribution < 1.29 is 22.3 Å². The Kier molecular flexibility index (Phi) is 0.351. The Morgan fingerprint density at radius 1 is 0.875 bits per heavy atom. The molecule has 2 aliphatic rings. The van der Waals surface area contributed by atoms with Crippen LogP contribution in [0, 0.1) is 0 Å². The largest absolute Gasteiger partial charge is 0.375 e. The van der Waals surface area contributed by atoms with E-state index in [-0.39, 0.29) is 0 Å². The maximum Gasteiger partial charge on any atom is 0.375 e. The maximum absolute atomic E-state index is 11.7. The van der Waals surface area contributed by atoms with Gasteiger partial charge in [-0.25, -0.2) is 0 Å². The van der Waals surface area contributed by atoms with Gasteiger partial charge in [-0.2, -0.15) is 17.6 Å². The van der Waals surface area contributed by atoms with E-state index in [1.54, 1.807) is 0 Å². The molecule has 1 saturated heterocycles. The Morgan fingerprint density at radius 2 is 1.12 bits per heavy atom. The molecule has 0 N–H and O–H groups in total. The zero-order valence-corrected chi connectivity index (χ0v) is 3.42. The molecule has 1 saturated carbocycles. The standard InChI is InChI=1S/C3F4O/c4-1(5)2(6)3(1,7)8-2. The fourth-order valence-corrected chi connectivity index (χ4v) is 0.621. The summed E-state index contributed by atoms with van der Waals surface area (Å²) in [5, 5.41) is 0. The summed E-state index contributed by atoms with van der Waals surface area (Å²) in [6.45, 7) is 0. The first-order valence-electron chi connectivity index (χ1n) is 1.91. The summed E-state index contributed by atoms with van der Waals surface area (Å²) in [7, 11) is 0. The molecular weight excluding hydrogens is 128 g/mol. The second kappa shape index (κ2) is 0.618. The van der Waals surface area contributed by atoms with E-state index in [1.165, 1.54) is 0 Å². The summed E-state index contributed by atoms with van der Waals surface area (Å²) in [5.74, 6) is -10.4. The van der Waals surface area contributed by atoms with Crippen LogP contribution in [0.1, 0.15) is 0 Å². The number of fused-ring (bicyclic) bond motifs is 1. The third kappa shape index (κ3) is 0.151. The number of alkyl halides is 4. The Bertz CT molecular complexity index is 134. The summed E-state index contributed by atoms with van der Waals surface area (Å²) in [6.07, 6.45) is 0. The van der Waals surface area contributed by atoms with Crippen molar-refractivity contribution in [1.29, 1.82) is 0 Å². The lowest BCUT2D eigenvalue weighted by molar-refractivity contribution is -0.164. The van der Waals surface area contributed by atoms with Gasteiger partial charge in [0.15, 0.2) is 0 Å².